The number of hydrogen-bond donors (Lipinski definition) is 1. The van der Waals surface area contributed by atoms with Gasteiger partial charge in [-0.05, 0) is 32.1 Å². The fourth-order valence-electron chi connectivity index (χ4n) is 2.70. The van der Waals surface area contributed by atoms with Crippen LogP contribution in [-0.2, 0) is 6.54 Å². The highest BCUT2D eigenvalue weighted by molar-refractivity contribution is 7.11. The van der Waals surface area contributed by atoms with Gasteiger partial charge in [0.2, 0.25) is 0 Å². The summed E-state index contributed by atoms with van der Waals surface area (Å²) in [5, 5.41) is 4.95. The summed E-state index contributed by atoms with van der Waals surface area (Å²) in [6.45, 7) is 9.97. The molecule has 3 heteroatoms. The molecule has 0 amide bonds. The van der Waals surface area contributed by atoms with Crippen molar-refractivity contribution in [2.45, 2.75) is 66.0 Å². The van der Waals surface area contributed by atoms with Gasteiger partial charge in [0.05, 0.1) is 5.69 Å². The van der Waals surface area contributed by atoms with Gasteiger partial charge >= 0.3 is 0 Å². The van der Waals surface area contributed by atoms with Crippen molar-refractivity contribution < 1.29 is 0 Å². The third-order valence-corrected chi connectivity index (χ3v) is 5.15. The zero-order valence-corrected chi connectivity index (χ0v) is 12.3. The van der Waals surface area contributed by atoms with Gasteiger partial charge in [-0.2, -0.15) is 0 Å². The van der Waals surface area contributed by atoms with E-state index in [0.29, 0.717) is 11.5 Å². The van der Waals surface area contributed by atoms with E-state index in [4.69, 9.17) is 0 Å². The normalized spacial score (nSPS) is 23.9. The Hall–Kier alpha value is -0.410. The summed E-state index contributed by atoms with van der Waals surface area (Å²) in [4.78, 5) is 5.95. The minimum Gasteiger partial charge on any atom is -0.307 e. The SMILES string of the molecule is Cc1nc(CNC2CCCCC2(C)C)sc1C. The molecule has 2 nitrogen and oxygen atoms in total. The van der Waals surface area contributed by atoms with Crippen LogP contribution in [0.15, 0.2) is 0 Å². The molecule has 1 aromatic heterocycles. The van der Waals surface area contributed by atoms with E-state index in [1.807, 2.05) is 11.3 Å². The van der Waals surface area contributed by atoms with Crippen LogP contribution in [0.3, 0.4) is 0 Å². The predicted octanol–water partition coefficient (Wildman–Crippen LogP) is 3.82. The average molecular weight is 252 g/mol. The van der Waals surface area contributed by atoms with Crippen molar-refractivity contribution in [3.63, 3.8) is 0 Å². The number of hydrogen-bond acceptors (Lipinski definition) is 3. The minimum atomic E-state index is 0.444. The quantitative estimate of drug-likeness (QED) is 0.884. The van der Waals surface area contributed by atoms with Crippen molar-refractivity contribution >= 4 is 11.3 Å². The number of nitrogens with zero attached hydrogens (tertiary/aromatic N) is 1. The lowest BCUT2D eigenvalue weighted by Crippen LogP contribution is -2.43. The van der Waals surface area contributed by atoms with Crippen molar-refractivity contribution in [1.82, 2.24) is 10.3 Å². The van der Waals surface area contributed by atoms with E-state index in [9.17, 15) is 0 Å². The number of rotatable bonds is 3. The predicted molar refractivity (Wildman–Crippen MR) is 74.5 cm³/mol. The summed E-state index contributed by atoms with van der Waals surface area (Å²) in [5.41, 5.74) is 1.63. The van der Waals surface area contributed by atoms with Crippen LogP contribution in [0.25, 0.3) is 0 Å². The summed E-state index contributed by atoms with van der Waals surface area (Å²) < 4.78 is 0. The molecule has 0 saturated heterocycles. The van der Waals surface area contributed by atoms with Gasteiger partial charge in [-0.1, -0.05) is 26.7 Å². The maximum atomic E-state index is 4.60. The Kier molecular flexibility index (Phi) is 3.88. The van der Waals surface area contributed by atoms with Crippen LogP contribution in [0.5, 0.6) is 0 Å². The van der Waals surface area contributed by atoms with Crippen LogP contribution in [-0.4, -0.2) is 11.0 Å². The summed E-state index contributed by atoms with van der Waals surface area (Å²) in [6.07, 6.45) is 5.43. The molecule has 17 heavy (non-hydrogen) atoms. The Morgan fingerprint density at radius 2 is 2.12 bits per heavy atom. The molecule has 1 unspecified atom stereocenters. The molecule has 1 aromatic rings. The third-order valence-electron chi connectivity index (χ3n) is 4.08. The zero-order valence-electron chi connectivity index (χ0n) is 11.5. The second-order valence-electron chi connectivity index (χ2n) is 5.92. The first-order chi connectivity index (χ1) is 7.99. The number of aromatic nitrogens is 1. The molecule has 1 heterocycles. The highest BCUT2D eigenvalue weighted by atomic mass is 32.1. The highest BCUT2D eigenvalue weighted by Crippen LogP contribution is 2.35. The first-order valence-electron chi connectivity index (χ1n) is 6.65. The van der Waals surface area contributed by atoms with E-state index >= 15 is 0 Å². The molecule has 1 atom stereocenters. The van der Waals surface area contributed by atoms with Crippen molar-refractivity contribution in [3.05, 3.63) is 15.6 Å². The van der Waals surface area contributed by atoms with Crippen molar-refractivity contribution in [3.8, 4) is 0 Å². The average Bonchev–Trinajstić information content (AvgIpc) is 2.56. The van der Waals surface area contributed by atoms with E-state index < -0.39 is 0 Å². The molecule has 0 bridgehead atoms. The molecule has 1 fully saturated rings. The molecule has 1 aliphatic carbocycles. The Labute approximate surface area is 109 Å². The number of nitrogens with one attached hydrogen (secondary N) is 1. The van der Waals surface area contributed by atoms with Gasteiger partial charge in [0, 0.05) is 17.5 Å². The van der Waals surface area contributed by atoms with E-state index in [1.54, 1.807) is 0 Å². The maximum absolute atomic E-state index is 4.60. The van der Waals surface area contributed by atoms with Crippen LogP contribution in [0.2, 0.25) is 0 Å². The molecule has 1 saturated carbocycles. The standard InChI is InChI=1S/C14H24N2S/c1-10-11(2)17-13(16-10)9-15-12-7-5-6-8-14(12,3)4/h12,15H,5-9H2,1-4H3. The molecular formula is C14H24N2S. The lowest BCUT2D eigenvalue weighted by molar-refractivity contribution is 0.166. The van der Waals surface area contributed by atoms with Crippen LogP contribution >= 0.6 is 11.3 Å². The van der Waals surface area contributed by atoms with E-state index in [0.717, 1.165) is 6.54 Å². The lowest BCUT2D eigenvalue weighted by Gasteiger charge is -2.39. The topological polar surface area (TPSA) is 24.9 Å². The van der Waals surface area contributed by atoms with Crippen LogP contribution < -0.4 is 5.32 Å². The van der Waals surface area contributed by atoms with Crippen LogP contribution in [0, 0.1) is 19.3 Å². The van der Waals surface area contributed by atoms with Crippen molar-refractivity contribution in [2.24, 2.45) is 5.41 Å². The molecular weight excluding hydrogens is 228 g/mol. The first kappa shape index (κ1) is 13.0. The summed E-state index contributed by atoms with van der Waals surface area (Å²) in [7, 11) is 0. The van der Waals surface area contributed by atoms with E-state index in [-0.39, 0.29) is 0 Å². The Morgan fingerprint density at radius 1 is 1.35 bits per heavy atom. The Morgan fingerprint density at radius 3 is 2.71 bits per heavy atom. The monoisotopic (exact) mass is 252 g/mol. The molecule has 1 aliphatic rings. The molecule has 96 valence electrons. The maximum Gasteiger partial charge on any atom is 0.107 e. The molecule has 0 aliphatic heterocycles. The fraction of sp³-hybridized carbons (Fsp3) is 0.786. The lowest BCUT2D eigenvalue weighted by atomic mass is 9.73. The van der Waals surface area contributed by atoms with Gasteiger partial charge < -0.3 is 5.32 Å². The van der Waals surface area contributed by atoms with Gasteiger partial charge in [-0.15, -0.1) is 11.3 Å². The van der Waals surface area contributed by atoms with Crippen molar-refractivity contribution in [2.75, 3.05) is 0 Å². The molecule has 1 N–H and O–H groups in total. The van der Waals surface area contributed by atoms with Crippen molar-refractivity contribution in [1.29, 1.82) is 0 Å². The fourth-order valence-corrected chi connectivity index (χ4v) is 3.58. The molecule has 2 rings (SSSR count). The van der Waals surface area contributed by atoms with Gasteiger partial charge in [0.1, 0.15) is 5.01 Å². The Balaban J connectivity index is 1.93. The minimum absolute atomic E-state index is 0.444. The molecule has 0 aromatic carbocycles. The second-order valence-corrected chi connectivity index (χ2v) is 7.20. The zero-order chi connectivity index (χ0) is 12.5. The van der Waals surface area contributed by atoms with E-state index in [1.165, 1.54) is 41.3 Å². The molecule has 0 spiro atoms. The van der Waals surface area contributed by atoms with Crippen LogP contribution in [0.1, 0.15) is 55.1 Å². The largest absolute Gasteiger partial charge is 0.307 e. The summed E-state index contributed by atoms with van der Waals surface area (Å²) >= 11 is 1.83. The summed E-state index contributed by atoms with van der Waals surface area (Å²) in [6, 6.07) is 0.653. The Bertz CT molecular complexity index is 362. The van der Waals surface area contributed by atoms with Gasteiger partial charge in [0.15, 0.2) is 0 Å². The van der Waals surface area contributed by atoms with Gasteiger partial charge in [-0.25, -0.2) is 4.98 Å². The highest BCUT2D eigenvalue weighted by Gasteiger charge is 2.31. The van der Waals surface area contributed by atoms with Crippen LogP contribution in [0.4, 0.5) is 0 Å². The first-order valence-corrected chi connectivity index (χ1v) is 7.47. The third kappa shape index (κ3) is 3.08. The number of aryl methyl sites for hydroxylation is 2. The number of thiazole rings is 1. The second kappa shape index (κ2) is 5.07. The van der Waals surface area contributed by atoms with Gasteiger partial charge in [0.25, 0.3) is 0 Å². The smallest absolute Gasteiger partial charge is 0.107 e. The molecule has 0 radical (unpaired) electrons. The summed E-state index contributed by atoms with van der Waals surface area (Å²) in [5.74, 6) is 0. The van der Waals surface area contributed by atoms with E-state index in [2.05, 4.69) is 38.0 Å². The van der Waals surface area contributed by atoms with Gasteiger partial charge in [-0.3, -0.25) is 0 Å².